The molecule has 0 aliphatic rings. The molecule has 8 nitrogen and oxygen atoms in total. The number of nitrogens with two attached hydrogens (primary N) is 1. The third kappa shape index (κ3) is 4.31. The van der Waals surface area contributed by atoms with Crippen LogP contribution in [0.4, 0.5) is 10.1 Å². The number of methoxy groups -OCH3 is 1. The first kappa shape index (κ1) is 20.7. The standard InChI is InChI=1S/C23H19FN6O2/c1-32-22-13-18(30-15-16(24)14-26-30)7-8-20(22)29-12-10-21(31)23(28-29)19(9-11-25)27-17-5-3-2-4-6-17/h2-15H,25H2,1H3. The smallest absolute Gasteiger partial charge is 0.209 e. The van der Waals surface area contributed by atoms with Crippen molar-refractivity contribution >= 4 is 11.4 Å². The molecule has 4 aromatic rings. The first-order chi connectivity index (χ1) is 15.6. The van der Waals surface area contributed by atoms with Gasteiger partial charge in [0.2, 0.25) is 5.43 Å². The van der Waals surface area contributed by atoms with Crippen LogP contribution in [0.25, 0.3) is 11.4 Å². The minimum absolute atomic E-state index is 0.123. The van der Waals surface area contributed by atoms with Gasteiger partial charge in [-0.2, -0.15) is 10.2 Å². The van der Waals surface area contributed by atoms with Crippen molar-refractivity contribution < 1.29 is 9.13 Å². The zero-order valence-electron chi connectivity index (χ0n) is 17.1. The molecule has 0 spiro atoms. The third-order valence-electron chi connectivity index (χ3n) is 4.54. The number of para-hydroxylation sites is 1. The van der Waals surface area contributed by atoms with E-state index < -0.39 is 5.82 Å². The molecule has 0 saturated heterocycles. The van der Waals surface area contributed by atoms with E-state index in [4.69, 9.17) is 10.5 Å². The highest BCUT2D eigenvalue weighted by Crippen LogP contribution is 2.25. The molecule has 0 amide bonds. The minimum atomic E-state index is -0.446. The maximum atomic E-state index is 13.3. The van der Waals surface area contributed by atoms with Crippen molar-refractivity contribution in [2.24, 2.45) is 10.7 Å². The Hall–Kier alpha value is -4.53. The lowest BCUT2D eigenvalue weighted by Crippen LogP contribution is -2.20. The third-order valence-corrected chi connectivity index (χ3v) is 4.54. The Kier molecular flexibility index (Phi) is 5.89. The van der Waals surface area contributed by atoms with Gasteiger partial charge >= 0.3 is 0 Å². The Morgan fingerprint density at radius 1 is 1.16 bits per heavy atom. The fourth-order valence-corrected chi connectivity index (χ4v) is 3.06. The maximum absolute atomic E-state index is 13.3. The Balaban J connectivity index is 1.80. The van der Waals surface area contributed by atoms with Crippen molar-refractivity contribution in [2.45, 2.75) is 0 Å². The number of allylic oxidation sites excluding steroid dienone is 1. The van der Waals surface area contributed by atoms with Gasteiger partial charge in [-0.25, -0.2) is 18.7 Å². The number of rotatable bonds is 6. The average molecular weight is 430 g/mol. The van der Waals surface area contributed by atoms with Gasteiger partial charge in [0, 0.05) is 18.3 Å². The van der Waals surface area contributed by atoms with Gasteiger partial charge in [0.1, 0.15) is 11.4 Å². The van der Waals surface area contributed by atoms with Crippen LogP contribution in [0.1, 0.15) is 5.69 Å². The van der Waals surface area contributed by atoms with Gasteiger partial charge in [-0.15, -0.1) is 0 Å². The van der Waals surface area contributed by atoms with Crippen LogP contribution in [0.5, 0.6) is 5.75 Å². The summed E-state index contributed by atoms with van der Waals surface area (Å²) >= 11 is 0. The summed E-state index contributed by atoms with van der Waals surface area (Å²) in [6.45, 7) is 0. The van der Waals surface area contributed by atoms with Gasteiger partial charge in [-0.1, -0.05) is 18.2 Å². The SMILES string of the molecule is COc1cc(-n2cc(F)cn2)ccc1-n1ccc(=O)c(C(C=CN)=Nc2ccccc2)n1. The van der Waals surface area contributed by atoms with E-state index in [1.165, 1.54) is 47.2 Å². The molecular weight excluding hydrogens is 411 g/mol. The quantitative estimate of drug-likeness (QED) is 0.474. The Morgan fingerprint density at radius 2 is 1.97 bits per heavy atom. The number of hydrogen-bond acceptors (Lipinski definition) is 6. The highest BCUT2D eigenvalue weighted by molar-refractivity contribution is 6.08. The highest BCUT2D eigenvalue weighted by Gasteiger charge is 2.13. The second kappa shape index (κ2) is 9.09. The van der Waals surface area contributed by atoms with Crippen molar-refractivity contribution in [2.75, 3.05) is 7.11 Å². The monoisotopic (exact) mass is 430 g/mol. The fourth-order valence-electron chi connectivity index (χ4n) is 3.06. The van der Waals surface area contributed by atoms with Crippen LogP contribution in [-0.4, -0.2) is 32.4 Å². The molecule has 2 aromatic carbocycles. The van der Waals surface area contributed by atoms with Crippen molar-refractivity contribution in [1.29, 1.82) is 0 Å². The molecule has 0 bridgehead atoms. The van der Waals surface area contributed by atoms with Crippen LogP contribution in [0, 0.1) is 5.82 Å². The summed E-state index contributed by atoms with van der Waals surface area (Å²) in [6, 6.07) is 15.7. The number of hydrogen-bond donors (Lipinski definition) is 1. The summed E-state index contributed by atoms with van der Waals surface area (Å²) in [5, 5.41) is 8.44. The maximum Gasteiger partial charge on any atom is 0.209 e. The predicted octanol–water partition coefficient (Wildman–Crippen LogP) is 3.16. The van der Waals surface area contributed by atoms with E-state index in [1.807, 2.05) is 30.3 Å². The van der Waals surface area contributed by atoms with E-state index in [0.29, 0.717) is 28.5 Å². The molecule has 2 aromatic heterocycles. The van der Waals surface area contributed by atoms with Crippen LogP contribution in [-0.2, 0) is 0 Å². The number of benzene rings is 2. The van der Waals surface area contributed by atoms with Gasteiger partial charge in [0.25, 0.3) is 0 Å². The molecule has 0 fully saturated rings. The van der Waals surface area contributed by atoms with Crippen molar-refractivity contribution in [3.8, 4) is 17.1 Å². The largest absolute Gasteiger partial charge is 0.494 e. The van der Waals surface area contributed by atoms with E-state index in [1.54, 1.807) is 18.2 Å². The van der Waals surface area contributed by atoms with Crippen LogP contribution in [0.15, 0.2) is 95.3 Å². The molecule has 32 heavy (non-hydrogen) atoms. The number of nitrogens with zero attached hydrogens (tertiary/aromatic N) is 5. The average Bonchev–Trinajstić information content (AvgIpc) is 3.26. The van der Waals surface area contributed by atoms with Crippen LogP contribution < -0.4 is 15.9 Å². The summed E-state index contributed by atoms with van der Waals surface area (Å²) in [5.41, 5.74) is 7.55. The summed E-state index contributed by atoms with van der Waals surface area (Å²) in [4.78, 5) is 17.1. The number of aliphatic imine (C=N–C) groups is 1. The Bertz CT molecular complexity index is 1360. The molecule has 0 atom stereocenters. The van der Waals surface area contributed by atoms with E-state index in [0.717, 1.165) is 6.20 Å². The van der Waals surface area contributed by atoms with Crippen molar-refractivity contribution in [1.82, 2.24) is 19.6 Å². The van der Waals surface area contributed by atoms with Gasteiger partial charge in [-0.05, 0) is 36.5 Å². The molecule has 2 N–H and O–H groups in total. The van der Waals surface area contributed by atoms with E-state index in [9.17, 15) is 9.18 Å². The number of halogens is 1. The Labute approximate surface area is 182 Å². The molecule has 0 aliphatic carbocycles. The molecule has 9 heteroatoms. The molecule has 0 saturated carbocycles. The molecule has 0 unspecified atom stereocenters. The summed E-state index contributed by atoms with van der Waals surface area (Å²) in [5.74, 6) is 0.00868. The van der Waals surface area contributed by atoms with Crippen molar-refractivity contribution in [3.63, 3.8) is 0 Å². The van der Waals surface area contributed by atoms with Crippen LogP contribution >= 0.6 is 0 Å². The number of ether oxygens (including phenoxy) is 1. The van der Waals surface area contributed by atoms with Crippen LogP contribution in [0.2, 0.25) is 0 Å². The predicted molar refractivity (Wildman–Crippen MR) is 119 cm³/mol. The lowest BCUT2D eigenvalue weighted by atomic mass is 10.2. The topological polar surface area (TPSA) is 100 Å². The summed E-state index contributed by atoms with van der Waals surface area (Å²) in [6.07, 6.45) is 6.74. The Morgan fingerprint density at radius 3 is 2.66 bits per heavy atom. The lowest BCUT2D eigenvalue weighted by Gasteiger charge is -2.13. The van der Waals surface area contributed by atoms with E-state index in [2.05, 4.69) is 15.2 Å². The zero-order chi connectivity index (χ0) is 22.5. The lowest BCUT2D eigenvalue weighted by molar-refractivity contribution is 0.411. The van der Waals surface area contributed by atoms with E-state index >= 15 is 0 Å². The number of aromatic nitrogens is 4. The van der Waals surface area contributed by atoms with Gasteiger partial charge in [0.15, 0.2) is 11.5 Å². The van der Waals surface area contributed by atoms with E-state index in [-0.39, 0.29) is 11.1 Å². The summed E-state index contributed by atoms with van der Waals surface area (Å²) in [7, 11) is 1.51. The second-order valence-electron chi connectivity index (χ2n) is 6.62. The van der Waals surface area contributed by atoms with Gasteiger partial charge < -0.3 is 10.5 Å². The molecule has 0 aliphatic heterocycles. The molecule has 0 radical (unpaired) electrons. The van der Waals surface area contributed by atoms with Crippen LogP contribution in [0.3, 0.4) is 0 Å². The van der Waals surface area contributed by atoms with Crippen molar-refractivity contribution in [3.05, 3.63) is 107 Å². The molecular formula is C23H19FN6O2. The van der Waals surface area contributed by atoms with Gasteiger partial charge in [0.05, 0.1) is 36.6 Å². The first-order valence-electron chi connectivity index (χ1n) is 9.60. The second-order valence-corrected chi connectivity index (χ2v) is 6.62. The molecule has 160 valence electrons. The normalized spacial score (nSPS) is 11.8. The highest BCUT2D eigenvalue weighted by atomic mass is 19.1. The molecule has 4 rings (SSSR count). The van der Waals surface area contributed by atoms with Gasteiger partial charge in [-0.3, -0.25) is 4.79 Å². The minimum Gasteiger partial charge on any atom is -0.494 e. The summed E-state index contributed by atoms with van der Waals surface area (Å²) < 4.78 is 21.7. The zero-order valence-corrected chi connectivity index (χ0v) is 17.1. The first-order valence-corrected chi connectivity index (χ1v) is 9.60. The molecule has 2 heterocycles. The fraction of sp³-hybridized carbons (Fsp3) is 0.0435.